The van der Waals surface area contributed by atoms with Crippen LogP contribution in [0.5, 0.6) is 0 Å². The smallest absolute Gasteiger partial charge is 0.323 e. The summed E-state index contributed by atoms with van der Waals surface area (Å²) in [6, 6.07) is 23.2. The van der Waals surface area contributed by atoms with E-state index in [1.54, 1.807) is 48.5 Å². The summed E-state index contributed by atoms with van der Waals surface area (Å²) in [6.45, 7) is 0. The Morgan fingerprint density at radius 3 is 1.12 bits per heavy atom. The molecule has 0 aliphatic carbocycles. The van der Waals surface area contributed by atoms with E-state index in [1.807, 2.05) is 0 Å². The van der Waals surface area contributed by atoms with E-state index in [0.717, 1.165) is 0 Å². The number of hydrogen-bond donors (Lipinski definition) is 6. The number of nitrogens with one attached hydrogen (secondary N) is 6. The quantitative estimate of drug-likeness (QED) is 0.0749. The van der Waals surface area contributed by atoms with Gasteiger partial charge >= 0.3 is 12.1 Å². The van der Waals surface area contributed by atoms with E-state index in [-0.39, 0.29) is 16.5 Å². The molecule has 0 atom stereocenters. The fourth-order valence-corrected chi connectivity index (χ4v) is 3.80. The van der Waals surface area contributed by atoms with Gasteiger partial charge in [0.05, 0.1) is 32.6 Å². The van der Waals surface area contributed by atoms with Crippen LogP contribution in [-0.2, 0) is 0 Å². The van der Waals surface area contributed by atoms with Crippen molar-refractivity contribution in [2.75, 3.05) is 31.9 Å². The molecule has 14 nitrogen and oxygen atoms in total. The van der Waals surface area contributed by atoms with E-state index < -0.39 is 21.9 Å². The topological polar surface area (TPSA) is 193 Å². The molecule has 0 bridgehead atoms. The van der Waals surface area contributed by atoms with Crippen molar-refractivity contribution in [3.05, 3.63) is 117 Å². The molecule has 0 aliphatic rings. The summed E-state index contributed by atoms with van der Waals surface area (Å²) < 4.78 is 0. The molecule has 4 rings (SSSR count). The maximum Gasteiger partial charge on any atom is 0.323 e. The third-order valence-corrected chi connectivity index (χ3v) is 5.72. The largest absolute Gasteiger partial charge is 0.331 e. The molecule has 0 spiro atoms. The van der Waals surface area contributed by atoms with Gasteiger partial charge in [-0.25, -0.2) is 9.59 Å². The lowest BCUT2D eigenvalue weighted by atomic mass is 10.2. The van der Waals surface area contributed by atoms with Crippen LogP contribution in [0.2, 0.25) is 0 Å². The summed E-state index contributed by atoms with van der Waals surface area (Å²) in [7, 11) is 0. The highest BCUT2D eigenvalue weighted by molar-refractivity contribution is 7.80. The monoisotopic (exact) mass is 586 g/mol. The van der Waals surface area contributed by atoms with Gasteiger partial charge in [0, 0.05) is 35.6 Å². The minimum absolute atomic E-state index is 0.0987. The molecule has 0 radical (unpaired) electrons. The van der Waals surface area contributed by atoms with Crippen LogP contribution < -0.4 is 31.9 Å². The van der Waals surface area contributed by atoms with Gasteiger partial charge in [0.15, 0.2) is 5.11 Å². The van der Waals surface area contributed by atoms with Crippen LogP contribution in [0.1, 0.15) is 0 Å². The first-order valence-electron chi connectivity index (χ1n) is 12.1. The first-order valence-corrected chi connectivity index (χ1v) is 12.5. The van der Waals surface area contributed by atoms with Gasteiger partial charge in [0.1, 0.15) is 0 Å². The Labute approximate surface area is 243 Å². The molecule has 4 aromatic carbocycles. The number of nitro benzene ring substituents is 2. The van der Waals surface area contributed by atoms with E-state index >= 15 is 0 Å². The number of rotatable bonds is 8. The standard InChI is InChI=1S/C27H22N8O6S/c36-25(28-17-9-13-19(14-10-17)34(38)39)30-21-5-1-3-7-23(21)32-27(42)33-24-8-4-2-6-22(24)31-26(37)29-18-11-15-20(16-12-18)35(40)41/h1-16H,(H2,28,30,36)(H2,29,31,37)(H2,32,33,42). The minimum atomic E-state index is -0.578. The van der Waals surface area contributed by atoms with Crippen LogP contribution in [0.25, 0.3) is 0 Å². The number of urea groups is 2. The third kappa shape index (κ3) is 7.96. The number of nitro groups is 2. The maximum atomic E-state index is 12.5. The predicted octanol–water partition coefficient (Wildman–Crippen LogP) is 6.60. The van der Waals surface area contributed by atoms with E-state index in [4.69, 9.17) is 12.2 Å². The molecule has 15 heteroatoms. The number of amides is 4. The zero-order valence-corrected chi connectivity index (χ0v) is 22.3. The number of para-hydroxylation sites is 4. The van der Waals surface area contributed by atoms with Gasteiger partial charge in [-0.15, -0.1) is 0 Å². The lowest BCUT2D eigenvalue weighted by Crippen LogP contribution is -2.24. The zero-order valence-electron chi connectivity index (χ0n) is 21.5. The van der Waals surface area contributed by atoms with Gasteiger partial charge in [0.2, 0.25) is 0 Å². The van der Waals surface area contributed by atoms with Crippen molar-refractivity contribution in [3.63, 3.8) is 0 Å². The van der Waals surface area contributed by atoms with Crippen LogP contribution in [0.4, 0.5) is 55.1 Å². The summed E-state index contributed by atoms with van der Waals surface area (Å²) in [4.78, 5) is 45.7. The lowest BCUT2D eigenvalue weighted by Gasteiger charge is -2.17. The molecule has 42 heavy (non-hydrogen) atoms. The van der Waals surface area contributed by atoms with Gasteiger partial charge in [-0.1, -0.05) is 24.3 Å². The summed E-state index contributed by atoms with van der Waals surface area (Å²) in [5.41, 5.74) is 2.26. The molecular weight excluding hydrogens is 564 g/mol. The third-order valence-electron chi connectivity index (χ3n) is 5.52. The highest BCUT2D eigenvalue weighted by Crippen LogP contribution is 2.25. The van der Waals surface area contributed by atoms with Crippen molar-refractivity contribution in [2.24, 2.45) is 0 Å². The van der Waals surface area contributed by atoms with Crippen molar-refractivity contribution in [2.45, 2.75) is 0 Å². The Hall–Kier alpha value is -6.09. The van der Waals surface area contributed by atoms with Crippen molar-refractivity contribution in [1.82, 2.24) is 0 Å². The molecule has 0 fully saturated rings. The first kappa shape index (κ1) is 28.9. The number of thiocarbonyl (C=S) groups is 1. The molecule has 0 saturated heterocycles. The van der Waals surface area contributed by atoms with E-state index in [2.05, 4.69) is 31.9 Å². The number of nitrogens with zero attached hydrogens (tertiary/aromatic N) is 2. The second-order valence-corrected chi connectivity index (χ2v) is 8.84. The second kappa shape index (κ2) is 13.3. The van der Waals surface area contributed by atoms with Gasteiger partial charge in [-0.2, -0.15) is 0 Å². The molecule has 212 valence electrons. The SMILES string of the molecule is O=C(Nc1ccc([N+](=O)[O-])cc1)Nc1ccccc1NC(=S)Nc1ccccc1NC(=O)Nc1ccc([N+](=O)[O-])cc1. The number of hydrogen-bond acceptors (Lipinski definition) is 7. The van der Waals surface area contributed by atoms with Crippen molar-refractivity contribution in [1.29, 1.82) is 0 Å². The van der Waals surface area contributed by atoms with Gasteiger partial charge in [0.25, 0.3) is 11.4 Å². The molecule has 6 N–H and O–H groups in total. The molecule has 0 saturated carbocycles. The van der Waals surface area contributed by atoms with Crippen molar-refractivity contribution >= 4 is 74.9 Å². The summed E-state index contributed by atoms with van der Waals surface area (Å²) >= 11 is 5.45. The average molecular weight is 587 g/mol. The van der Waals surface area contributed by atoms with Gasteiger partial charge in [-0.3, -0.25) is 20.2 Å². The van der Waals surface area contributed by atoms with E-state index in [9.17, 15) is 29.8 Å². The molecule has 4 amide bonds. The highest BCUT2D eigenvalue weighted by Gasteiger charge is 2.12. The fraction of sp³-hybridized carbons (Fsp3) is 0. The minimum Gasteiger partial charge on any atom is -0.331 e. The summed E-state index contributed by atoms with van der Waals surface area (Å²) in [5, 5.41) is 38.4. The first-order chi connectivity index (χ1) is 20.2. The molecule has 0 heterocycles. The van der Waals surface area contributed by atoms with Gasteiger partial charge < -0.3 is 31.9 Å². The zero-order chi connectivity index (χ0) is 30.1. The van der Waals surface area contributed by atoms with Crippen LogP contribution in [0.3, 0.4) is 0 Å². The van der Waals surface area contributed by atoms with Crippen molar-refractivity contribution in [3.8, 4) is 0 Å². The highest BCUT2D eigenvalue weighted by atomic mass is 32.1. The van der Waals surface area contributed by atoms with Gasteiger partial charge in [-0.05, 0) is 60.7 Å². The Kier molecular flexibility index (Phi) is 9.16. The number of carbonyl (C=O) groups is 2. The number of anilines is 6. The van der Waals surface area contributed by atoms with Crippen LogP contribution in [-0.4, -0.2) is 27.0 Å². The van der Waals surface area contributed by atoms with Crippen LogP contribution in [0, 0.1) is 20.2 Å². The lowest BCUT2D eigenvalue weighted by molar-refractivity contribution is -0.385. The Balaban J connectivity index is 1.36. The Morgan fingerprint density at radius 2 is 0.810 bits per heavy atom. The molecule has 0 aromatic heterocycles. The molecule has 0 unspecified atom stereocenters. The van der Waals surface area contributed by atoms with E-state index in [1.165, 1.54) is 48.5 Å². The Bertz CT molecular complexity index is 1530. The number of benzene rings is 4. The number of non-ortho nitro benzene ring substituents is 2. The molecular formula is C27H22N8O6S. The second-order valence-electron chi connectivity index (χ2n) is 8.44. The van der Waals surface area contributed by atoms with Crippen LogP contribution >= 0.6 is 12.2 Å². The summed E-state index contributed by atoms with van der Waals surface area (Å²) in [5.74, 6) is 0. The van der Waals surface area contributed by atoms with E-state index in [0.29, 0.717) is 34.1 Å². The normalized spacial score (nSPS) is 10.1. The van der Waals surface area contributed by atoms with Crippen LogP contribution in [0.15, 0.2) is 97.1 Å². The summed E-state index contributed by atoms with van der Waals surface area (Å²) in [6.07, 6.45) is 0. The fourth-order valence-electron chi connectivity index (χ4n) is 3.58. The Morgan fingerprint density at radius 1 is 0.500 bits per heavy atom. The molecule has 4 aromatic rings. The average Bonchev–Trinajstić information content (AvgIpc) is 2.95. The van der Waals surface area contributed by atoms with Crippen molar-refractivity contribution < 1.29 is 19.4 Å². The predicted molar refractivity (Wildman–Crippen MR) is 164 cm³/mol. The maximum absolute atomic E-state index is 12.5. The molecule has 0 aliphatic heterocycles. The number of carbonyl (C=O) groups excluding carboxylic acids is 2.